The maximum absolute atomic E-state index is 12.4. The van der Waals surface area contributed by atoms with Crippen molar-refractivity contribution in [3.8, 4) is 11.3 Å². The Hall–Kier alpha value is -1.22. The van der Waals surface area contributed by atoms with Crippen LogP contribution in [0.25, 0.3) is 11.3 Å². The molecule has 0 spiro atoms. The lowest BCUT2D eigenvalue weighted by molar-refractivity contribution is 0.272. The predicted octanol–water partition coefficient (Wildman–Crippen LogP) is 3.50. The zero-order chi connectivity index (χ0) is 18.3. The van der Waals surface area contributed by atoms with E-state index in [1.807, 2.05) is 6.92 Å². The number of aryl methyl sites for hydroxylation is 1. The lowest BCUT2D eigenvalue weighted by Crippen LogP contribution is -2.30. The Kier molecular flexibility index (Phi) is 7.61. The smallest absolute Gasteiger partial charge is 0.250 e. The quantitative estimate of drug-likeness (QED) is 0.599. The van der Waals surface area contributed by atoms with Crippen molar-refractivity contribution in [3.05, 3.63) is 23.2 Å². The van der Waals surface area contributed by atoms with Crippen LogP contribution in [-0.2, 0) is 10.0 Å². The molecule has 0 aliphatic heterocycles. The number of aromatic nitrogens is 1. The van der Waals surface area contributed by atoms with Gasteiger partial charge < -0.3 is 9.42 Å². The Labute approximate surface area is 154 Å². The van der Waals surface area contributed by atoms with Crippen LogP contribution in [0.4, 0.5) is 0 Å². The highest BCUT2D eigenvalue weighted by atomic mass is 32.2. The van der Waals surface area contributed by atoms with Crippen molar-refractivity contribution >= 4 is 21.4 Å². The summed E-state index contributed by atoms with van der Waals surface area (Å²) in [5, 5.41) is 5.61. The van der Waals surface area contributed by atoms with E-state index in [0.29, 0.717) is 16.5 Å². The third kappa shape index (κ3) is 5.91. The van der Waals surface area contributed by atoms with E-state index in [1.165, 1.54) is 11.3 Å². The van der Waals surface area contributed by atoms with Crippen LogP contribution in [0.3, 0.4) is 0 Å². The zero-order valence-corrected chi connectivity index (χ0v) is 16.8. The van der Waals surface area contributed by atoms with Crippen molar-refractivity contribution in [2.45, 2.75) is 44.2 Å². The fraction of sp³-hybridized carbons (Fsp3) is 0.588. The molecule has 8 heteroatoms. The van der Waals surface area contributed by atoms with Crippen molar-refractivity contribution in [2.24, 2.45) is 0 Å². The molecular weight excluding hydrogens is 358 g/mol. The minimum Gasteiger partial charge on any atom is -0.356 e. The van der Waals surface area contributed by atoms with Gasteiger partial charge in [-0.25, -0.2) is 13.1 Å². The Morgan fingerprint density at radius 2 is 1.92 bits per heavy atom. The van der Waals surface area contributed by atoms with Gasteiger partial charge in [-0.3, -0.25) is 0 Å². The van der Waals surface area contributed by atoms with Gasteiger partial charge in [-0.2, -0.15) is 0 Å². The molecule has 0 aliphatic carbocycles. The van der Waals surface area contributed by atoms with Crippen LogP contribution in [0.15, 0.2) is 26.2 Å². The van der Waals surface area contributed by atoms with Crippen LogP contribution in [0.1, 0.15) is 38.8 Å². The van der Waals surface area contributed by atoms with E-state index in [0.717, 1.165) is 50.2 Å². The molecule has 0 atom stereocenters. The number of sulfonamides is 1. The molecule has 0 unspecified atom stereocenters. The number of rotatable bonds is 11. The molecule has 0 saturated carbocycles. The third-order valence-electron chi connectivity index (χ3n) is 3.78. The minimum absolute atomic E-state index is 0.301. The van der Waals surface area contributed by atoms with Gasteiger partial charge in [0.05, 0.1) is 5.69 Å². The molecule has 140 valence electrons. The second-order valence-electron chi connectivity index (χ2n) is 6.08. The number of hydrogen-bond donors (Lipinski definition) is 1. The highest BCUT2D eigenvalue weighted by Gasteiger charge is 2.18. The highest BCUT2D eigenvalue weighted by molar-refractivity contribution is 7.91. The molecule has 0 radical (unpaired) electrons. The molecule has 0 aliphatic rings. The topological polar surface area (TPSA) is 75.4 Å². The molecule has 6 nitrogen and oxygen atoms in total. The van der Waals surface area contributed by atoms with E-state index < -0.39 is 10.0 Å². The summed E-state index contributed by atoms with van der Waals surface area (Å²) in [4.78, 5) is 2.38. The molecule has 0 bridgehead atoms. The number of thiophene rings is 1. The zero-order valence-electron chi connectivity index (χ0n) is 15.1. The average Bonchev–Trinajstić information content (AvgIpc) is 3.21. The fourth-order valence-electron chi connectivity index (χ4n) is 2.63. The third-order valence-corrected chi connectivity index (χ3v) is 6.68. The maximum Gasteiger partial charge on any atom is 0.250 e. The van der Waals surface area contributed by atoms with E-state index in [9.17, 15) is 8.42 Å². The molecule has 2 aromatic rings. The van der Waals surface area contributed by atoms with Crippen molar-refractivity contribution in [1.29, 1.82) is 0 Å². The number of hydrogen-bond acceptors (Lipinski definition) is 6. The lowest BCUT2D eigenvalue weighted by Gasteiger charge is -2.20. The van der Waals surface area contributed by atoms with E-state index in [4.69, 9.17) is 4.52 Å². The largest absolute Gasteiger partial charge is 0.356 e. The first-order valence-electron chi connectivity index (χ1n) is 8.70. The fourth-order valence-corrected chi connectivity index (χ4v) is 4.92. The van der Waals surface area contributed by atoms with Gasteiger partial charge in [-0.05, 0) is 51.9 Å². The van der Waals surface area contributed by atoms with Crippen molar-refractivity contribution in [2.75, 3.05) is 26.2 Å². The summed E-state index contributed by atoms with van der Waals surface area (Å²) in [5.74, 6) is 0.588. The molecule has 25 heavy (non-hydrogen) atoms. The van der Waals surface area contributed by atoms with Crippen LogP contribution < -0.4 is 4.72 Å². The molecule has 1 N–H and O–H groups in total. The van der Waals surface area contributed by atoms with Crippen molar-refractivity contribution in [1.82, 2.24) is 14.8 Å². The van der Waals surface area contributed by atoms with E-state index >= 15 is 0 Å². The Bertz CT molecular complexity index is 747. The van der Waals surface area contributed by atoms with Crippen LogP contribution in [-0.4, -0.2) is 44.7 Å². The van der Waals surface area contributed by atoms with Gasteiger partial charge in [0.1, 0.15) is 4.21 Å². The summed E-state index contributed by atoms with van der Waals surface area (Å²) in [6.45, 7) is 9.64. The average molecular weight is 386 g/mol. The van der Waals surface area contributed by atoms with E-state index in [-0.39, 0.29) is 0 Å². The van der Waals surface area contributed by atoms with E-state index in [2.05, 4.69) is 28.6 Å². The standard InChI is InChI=1S/C17H27N3O3S2/c1-4-8-20(9-5-2)10-6-7-18-25(21,22)17-12-15(13-24-17)16-11-14(3)19-23-16/h11-13,18H,4-10H2,1-3H3. The summed E-state index contributed by atoms with van der Waals surface area (Å²) in [6.07, 6.45) is 3.04. The maximum atomic E-state index is 12.4. The van der Waals surface area contributed by atoms with Crippen LogP contribution in [0, 0.1) is 6.92 Å². The molecule has 2 rings (SSSR count). The van der Waals surface area contributed by atoms with Crippen molar-refractivity contribution in [3.63, 3.8) is 0 Å². The Morgan fingerprint density at radius 1 is 1.20 bits per heavy atom. The molecule has 0 fully saturated rings. The number of nitrogens with one attached hydrogen (secondary N) is 1. The minimum atomic E-state index is -3.48. The van der Waals surface area contributed by atoms with Gasteiger partial charge in [0.2, 0.25) is 10.0 Å². The summed E-state index contributed by atoms with van der Waals surface area (Å²) < 4.78 is 33.0. The van der Waals surface area contributed by atoms with Gasteiger partial charge >= 0.3 is 0 Å². The molecule has 0 saturated heterocycles. The molecule has 0 amide bonds. The SMILES string of the molecule is CCCN(CCC)CCCNS(=O)(=O)c1cc(-c2cc(C)no2)cs1. The van der Waals surface area contributed by atoms with Gasteiger partial charge in [0.25, 0.3) is 0 Å². The van der Waals surface area contributed by atoms with Gasteiger partial charge in [-0.15, -0.1) is 11.3 Å². The monoisotopic (exact) mass is 385 g/mol. The highest BCUT2D eigenvalue weighted by Crippen LogP contribution is 2.28. The lowest BCUT2D eigenvalue weighted by atomic mass is 10.2. The van der Waals surface area contributed by atoms with Crippen molar-refractivity contribution < 1.29 is 12.9 Å². The first kappa shape index (κ1) is 20.1. The Balaban J connectivity index is 1.88. The van der Waals surface area contributed by atoms with Gasteiger partial charge in [-0.1, -0.05) is 19.0 Å². The normalized spacial score (nSPS) is 12.2. The molecule has 0 aromatic carbocycles. The van der Waals surface area contributed by atoms with E-state index in [1.54, 1.807) is 17.5 Å². The summed E-state index contributed by atoms with van der Waals surface area (Å²) >= 11 is 1.19. The second-order valence-corrected chi connectivity index (χ2v) is 8.98. The number of nitrogens with zero attached hydrogens (tertiary/aromatic N) is 2. The predicted molar refractivity (Wildman–Crippen MR) is 101 cm³/mol. The summed E-state index contributed by atoms with van der Waals surface area (Å²) in [5.41, 5.74) is 1.51. The molecule has 2 heterocycles. The summed E-state index contributed by atoms with van der Waals surface area (Å²) in [6, 6.07) is 3.43. The molecule has 2 aromatic heterocycles. The van der Waals surface area contributed by atoms with Crippen LogP contribution in [0.5, 0.6) is 0 Å². The second kappa shape index (κ2) is 9.47. The van der Waals surface area contributed by atoms with Crippen LogP contribution in [0.2, 0.25) is 0 Å². The Morgan fingerprint density at radius 3 is 2.52 bits per heavy atom. The molecular formula is C17H27N3O3S2. The first-order chi connectivity index (χ1) is 12.0. The van der Waals surface area contributed by atoms with Gasteiger partial charge in [0, 0.05) is 23.6 Å². The first-order valence-corrected chi connectivity index (χ1v) is 11.1. The summed E-state index contributed by atoms with van der Waals surface area (Å²) in [7, 11) is -3.48. The van der Waals surface area contributed by atoms with Gasteiger partial charge in [0.15, 0.2) is 5.76 Å². The van der Waals surface area contributed by atoms with Crippen LogP contribution >= 0.6 is 11.3 Å².